The quantitative estimate of drug-likeness (QED) is 0.733. The fraction of sp³-hybridized carbons (Fsp3) is 0.389. The molecule has 1 atom stereocenters. The second kappa shape index (κ2) is 7.07. The van der Waals surface area contributed by atoms with E-state index in [2.05, 4.69) is 55.4 Å². The van der Waals surface area contributed by atoms with Crippen LogP contribution in [0, 0.1) is 11.3 Å². The smallest absolute Gasteiger partial charge is 0.0718 e. The van der Waals surface area contributed by atoms with Crippen LogP contribution < -0.4 is 0 Å². The van der Waals surface area contributed by atoms with Crippen LogP contribution in [0.15, 0.2) is 42.5 Å². The van der Waals surface area contributed by atoms with E-state index in [9.17, 15) is 5.26 Å². The molecule has 2 heteroatoms. The Morgan fingerprint density at radius 2 is 1.80 bits per heavy atom. The van der Waals surface area contributed by atoms with Gasteiger partial charge in [0, 0.05) is 0 Å². The largest absolute Gasteiger partial charge is 0.309 e. The fourth-order valence-corrected chi connectivity index (χ4v) is 2.62. The van der Waals surface area contributed by atoms with Gasteiger partial charge in [-0.25, -0.2) is 0 Å². The molecule has 0 bridgehead atoms. The van der Waals surface area contributed by atoms with Gasteiger partial charge in [-0.3, -0.25) is 0 Å². The lowest BCUT2D eigenvalue weighted by atomic mass is 9.90. The Hall–Kier alpha value is -1.85. The summed E-state index contributed by atoms with van der Waals surface area (Å²) in [6.45, 7) is 1.09. The molecule has 0 saturated carbocycles. The van der Waals surface area contributed by atoms with Crippen molar-refractivity contribution in [2.24, 2.45) is 0 Å². The lowest BCUT2D eigenvalue weighted by Gasteiger charge is -2.13. The van der Waals surface area contributed by atoms with Crippen LogP contribution in [-0.2, 0) is 0 Å². The minimum Gasteiger partial charge on any atom is -0.309 e. The van der Waals surface area contributed by atoms with E-state index in [0.29, 0.717) is 0 Å². The monoisotopic (exact) mass is 266 g/mol. The van der Waals surface area contributed by atoms with E-state index in [1.165, 1.54) is 16.3 Å². The molecule has 0 heterocycles. The summed E-state index contributed by atoms with van der Waals surface area (Å²) in [6, 6.07) is 17.1. The van der Waals surface area contributed by atoms with Gasteiger partial charge in [-0.05, 0) is 49.8 Å². The molecular formula is C18H22N2. The third kappa shape index (κ3) is 3.59. The lowest BCUT2D eigenvalue weighted by Crippen LogP contribution is -2.13. The standard InChI is InChI=1S/C18H22N2/c1-20(2)13-6-5-9-16(14-19)18-12-7-10-15-8-3-4-11-17(15)18/h3-4,7-8,10-12,16H,5-6,9,13H2,1-2H3. The molecule has 0 aliphatic rings. The molecule has 0 spiro atoms. The second-order valence-electron chi connectivity index (χ2n) is 5.55. The number of hydrogen-bond donors (Lipinski definition) is 0. The molecule has 0 saturated heterocycles. The minimum atomic E-state index is 0.00302. The minimum absolute atomic E-state index is 0.00302. The Balaban J connectivity index is 2.12. The van der Waals surface area contributed by atoms with Crippen molar-refractivity contribution < 1.29 is 0 Å². The Kier molecular flexibility index (Phi) is 5.15. The topological polar surface area (TPSA) is 27.0 Å². The number of rotatable bonds is 6. The van der Waals surface area contributed by atoms with Crippen molar-refractivity contribution in [2.75, 3.05) is 20.6 Å². The number of benzene rings is 2. The maximum atomic E-state index is 9.49. The van der Waals surface area contributed by atoms with Crippen molar-refractivity contribution in [1.82, 2.24) is 4.90 Å². The summed E-state index contributed by atoms with van der Waals surface area (Å²) in [5, 5.41) is 11.9. The van der Waals surface area contributed by atoms with Crippen LogP contribution >= 0.6 is 0 Å². The van der Waals surface area contributed by atoms with Crippen molar-refractivity contribution >= 4 is 10.8 Å². The predicted molar refractivity (Wildman–Crippen MR) is 84.7 cm³/mol. The van der Waals surface area contributed by atoms with E-state index in [-0.39, 0.29) is 5.92 Å². The number of unbranched alkanes of at least 4 members (excludes halogenated alkanes) is 1. The molecule has 2 aromatic rings. The first-order valence-electron chi connectivity index (χ1n) is 7.24. The van der Waals surface area contributed by atoms with Gasteiger partial charge in [0.1, 0.15) is 0 Å². The van der Waals surface area contributed by atoms with E-state index in [1.54, 1.807) is 0 Å². The summed E-state index contributed by atoms with van der Waals surface area (Å²) in [5.41, 5.74) is 1.18. The Morgan fingerprint density at radius 3 is 2.55 bits per heavy atom. The maximum Gasteiger partial charge on any atom is 0.0718 e. The van der Waals surface area contributed by atoms with Gasteiger partial charge in [-0.15, -0.1) is 0 Å². The first kappa shape index (κ1) is 14.6. The van der Waals surface area contributed by atoms with Crippen LogP contribution in [0.25, 0.3) is 10.8 Å². The van der Waals surface area contributed by atoms with E-state index in [1.807, 2.05) is 12.1 Å². The van der Waals surface area contributed by atoms with Crippen LogP contribution in [0.2, 0.25) is 0 Å². The van der Waals surface area contributed by atoms with Crippen molar-refractivity contribution in [1.29, 1.82) is 5.26 Å². The zero-order valence-corrected chi connectivity index (χ0v) is 12.3. The highest BCUT2D eigenvalue weighted by Gasteiger charge is 2.13. The zero-order chi connectivity index (χ0) is 14.4. The van der Waals surface area contributed by atoms with E-state index in [0.717, 1.165) is 25.8 Å². The first-order chi connectivity index (χ1) is 9.72. The number of nitrogens with zero attached hydrogens (tertiary/aromatic N) is 2. The number of hydrogen-bond acceptors (Lipinski definition) is 2. The third-order valence-corrected chi connectivity index (χ3v) is 3.70. The summed E-state index contributed by atoms with van der Waals surface area (Å²) >= 11 is 0. The molecule has 2 rings (SSSR count). The van der Waals surface area contributed by atoms with Gasteiger partial charge in [0.25, 0.3) is 0 Å². The van der Waals surface area contributed by atoms with E-state index < -0.39 is 0 Å². The fourth-order valence-electron chi connectivity index (χ4n) is 2.62. The molecule has 104 valence electrons. The highest BCUT2D eigenvalue weighted by molar-refractivity contribution is 5.86. The first-order valence-corrected chi connectivity index (χ1v) is 7.24. The Morgan fingerprint density at radius 1 is 1.05 bits per heavy atom. The van der Waals surface area contributed by atoms with Crippen molar-refractivity contribution in [3.63, 3.8) is 0 Å². The summed E-state index contributed by atoms with van der Waals surface area (Å²) in [4.78, 5) is 2.19. The molecule has 0 N–H and O–H groups in total. The summed E-state index contributed by atoms with van der Waals surface area (Å²) < 4.78 is 0. The van der Waals surface area contributed by atoms with E-state index in [4.69, 9.17) is 0 Å². The summed E-state index contributed by atoms with van der Waals surface area (Å²) in [6.07, 6.45) is 3.19. The Bertz CT molecular complexity index is 590. The molecule has 0 fully saturated rings. The van der Waals surface area contributed by atoms with Gasteiger partial charge < -0.3 is 4.90 Å². The number of fused-ring (bicyclic) bond motifs is 1. The van der Waals surface area contributed by atoms with Crippen LogP contribution in [0.5, 0.6) is 0 Å². The van der Waals surface area contributed by atoms with Gasteiger partial charge in [-0.1, -0.05) is 48.9 Å². The maximum absolute atomic E-state index is 9.49. The third-order valence-electron chi connectivity index (χ3n) is 3.70. The molecular weight excluding hydrogens is 244 g/mol. The van der Waals surface area contributed by atoms with Crippen LogP contribution in [0.4, 0.5) is 0 Å². The highest BCUT2D eigenvalue weighted by Crippen LogP contribution is 2.28. The molecule has 1 unspecified atom stereocenters. The molecule has 2 nitrogen and oxygen atoms in total. The second-order valence-corrected chi connectivity index (χ2v) is 5.55. The van der Waals surface area contributed by atoms with E-state index >= 15 is 0 Å². The van der Waals surface area contributed by atoms with Crippen LogP contribution in [0.1, 0.15) is 30.7 Å². The summed E-state index contributed by atoms with van der Waals surface area (Å²) in [5.74, 6) is 0.00302. The SMILES string of the molecule is CN(C)CCCCC(C#N)c1cccc2ccccc12. The van der Waals surface area contributed by atoms with Gasteiger partial charge in [-0.2, -0.15) is 5.26 Å². The lowest BCUT2D eigenvalue weighted by molar-refractivity contribution is 0.390. The van der Waals surface area contributed by atoms with Crippen molar-refractivity contribution in [3.05, 3.63) is 48.0 Å². The van der Waals surface area contributed by atoms with Gasteiger partial charge in [0.15, 0.2) is 0 Å². The van der Waals surface area contributed by atoms with Gasteiger partial charge in [0.05, 0.1) is 12.0 Å². The highest BCUT2D eigenvalue weighted by atomic mass is 15.0. The molecule has 0 aromatic heterocycles. The predicted octanol–water partition coefficient (Wildman–Crippen LogP) is 4.18. The summed E-state index contributed by atoms with van der Waals surface area (Å²) in [7, 11) is 4.18. The average Bonchev–Trinajstić information content (AvgIpc) is 2.47. The van der Waals surface area contributed by atoms with Crippen molar-refractivity contribution in [2.45, 2.75) is 25.2 Å². The van der Waals surface area contributed by atoms with Crippen LogP contribution in [0.3, 0.4) is 0 Å². The molecule has 0 radical (unpaired) electrons. The molecule has 0 aliphatic heterocycles. The van der Waals surface area contributed by atoms with Gasteiger partial charge >= 0.3 is 0 Å². The van der Waals surface area contributed by atoms with Crippen molar-refractivity contribution in [3.8, 4) is 6.07 Å². The van der Waals surface area contributed by atoms with Gasteiger partial charge in [0.2, 0.25) is 0 Å². The Labute approximate surface area is 121 Å². The number of nitriles is 1. The molecule has 2 aromatic carbocycles. The normalized spacial score (nSPS) is 12.5. The molecule has 0 amide bonds. The zero-order valence-electron chi connectivity index (χ0n) is 12.3. The average molecular weight is 266 g/mol. The molecule has 0 aliphatic carbocycles. The molecule has 20 heavy (non-hydrogen) atoms. The van der Waals surface area contributed by atoms with Crippen LogP contribution in [-0.4, -0.2) is 25.5 Å².